The third kappa shape index (κ3) is 1.15. The van der Waals surface area contributed by atoms with Crippen molar-refractivity contribution in [2.45, 2.75) is 37.2 Å². The molecule has 1 N–H and O–H groups in total. The number of hydrogen-bond acceptors (Lipinski definition) is 1. The minimum atomic E-state index is -1.44. The van der Waals surface area contributed by atoms with E-state index in [4.69, 9.17) is 69.6 Å². The van der Waals surface area contributed by atoms with Gasteiger partial charge in [-0.05, 0) is 12.8 Å². The average molecular weight is 333 g/mol. The van der Waals surface area contributed by atoms with E-state index in [1.807, 2.05) is 0 Å². The summed E-state index contributed by atoms with van der Waals surface area (Å²) in [6.07, 6.45) is 0.909. The number of alkyl halides is 6. The van der Waals surface area contributed by atoms with Crippen molar-refractivity contribution in [1.29, 1.82) is 0 Å². The number of aliphatic hydroxyl groups excluding tert-OH is 1. The van der Waals surface area contributed by atoms with Gasteiger partial charge in [0.15, 0.2) is 4.33 Å². The summed E-state index contributed by atoms with van der Waals surface area (Å²) >= 11 is 37.5. The molecule has 2 aliphatic rings. The molecule has 0 aromatic carbocycles. The monoisotopic (exact) mass is 330 g/mol. The predicted molar refractivity (Wildman–Crippen MR) is 66.1 cm³/mol. The fourth-order valence-electron chi connectivity index (χ4n) is 2.52. The zero-order chi connectivity index (χ0) is 11.7. The Kier molecular flexibility index (Phi) is 2.96. The molecule has 0 aromatic heterocycles. The van der Waals surface area contributed by atoms with Gasteiger partial charge in [-0.1, -0.05) is 23.2 Å². The van der Waals surface area contributed by atoms with E-state index in [9.17, 15) is 5.11 Å². The van der Waals surface area contributed by atoms with E-state index in [-0.39, 0.29) is 0 Å². The molecule has 2 rings (SSSR count). The van der Waals surface area contributed by atoms with E-state index in [2.05, 4.69) is 0 Å². The Labute approximate surface area is 118 Å². The van der Waals surface area contributed by atoms with E-state index in [1.54, 1.807) is 0 Å². The van der Waals surface area contributed by atoms with E-state index in [1.165, 1.54) is 0 Å². The topological polar surface area (TPSA) is 20.2 Å². The van der Waals surface area contributed by atoms with E-state index in [0.29, 0.717) is 12.8 Å². The highest BCUT2D eigenvalue weighted by Crippen LogP contribution is 2.74. The Morgan fingerprint density at radius 2 is 1.60 bits per heavy atom. The maximum absolute atomic E-state index is 9.35. The summed E-state index contributed by atoms with van der Waals surface area (Å²) in [6.45, 7) is -0.415. The largest absolute Gasteiger partial charge is 0.394 e. The molecule has 0 spiro atoms. The van der Waals surface area contributed by atoms with Gasteiger partial charge in [-0.3, -0.25) is 0 Å². The Balaban J connectivity index is 2.62. The first-order valence-electron chi connectivity index (χ1n) is 4.37. The normalized spacial score (nSPS) is 57.4. The molecule has 88 valence electrons. The number of hydrogen-bond donors (Lipinski definition) is 1. The molecule has 0 radical (unpaired) electrons. The van der Waals surface area contributed by atoms with Crippen molar-refractivity contribution in [3.8, 4) is 0 Å². The van der Waals surface area contributed by atoms with Gasteiger partial charge < -0.3 is 5.11 Å². The smallest absolute Gasteiger partial charge is 0.159 e. The van der Waals surface area contributed by atoms with Crippen LogP contribution in [0.2, 0.25) is 0 Å². The van der Waals surface area contributed by atoms with Crippen molar-refractivity contribution in [2.24, 2.45) is 0 Å². The molecule has 4 unspecified atom stereocenters. The minimum absolute atomic E-state index is 0.415. The second-order valence-electron chi connectivity index (χ2n) is 4.12. The maximum atomic E-state index is 9.35. The van der Waals surface area contributed by atoms with Gasteiger partial charge in [-0.15, -0.1) is 46.4 Å². The molecule has 0 aromatic rings. The Morgan fingerprint density at radius 1 is 1.07 bits per heavy atom. The van der Waals surface area contributed by atoms with Crippen LogP contribution in [0.4, 0.5) is 0 Å². The lowest BCUT2D eigenvalue weighted by atomic mass is 9.87. The Bertz CT molecular complexity index is 307. The van der Waals surface area contributed by atoms with E-state index < -0.39 is 30.9 Å². The Morgan fingerprint density at radius 3 is 1.87 bits per heavy atom. The van der Waals surface area contributed by atoms with Gasteiger partial charge in [-0.2, -0.15) is 0 Å². The van der Waals surface area contributed by atoms with Crippen molar-refractivity contribution in [1.82, 2.24) is 0 Å². The fourth-order valence-corrected chi connectivity index (χ4v) is 5.65. The molecular weight excluding hydrogens is 325 g/mol. The standard InChI is InChI=1S/C8H8Cl6O/c9-4-5(10)1-2-7(12,8(5,13)14)6(4,11)3-15/h4,15H,1-3H2. The zero-order valence-corrected chi connectivity index (χ0v) is 11.9. The van der Waals surface area contributed by atoms with Crippen LogP contribution in [0.1, 0.15) is 12.8 Å². The number of rotatable bonds is 1. The first-order valence-corrected chi connectivity index (χ1v) is 6.69. The van der Waals surface area contributed by atoms with Crippen molar-refractivity contribution >= 4 is 69.6 Å². The molecule has 2 saturated carbocycles. The van der Waals surface area contributed by atoms with Crippen LogP contribution >= 0.6 is 69.6 Å². The van der Waals surface area contributed by atoms with Gasteiger partial charge in [-0.25, -0.2) is 0 Å². The van der Waals surface area contributed by atoms with Gasteiger partial charge >= 0.3 is 0 Å². The van der Waals surface area contributed by atoms with Crippen LogP contribution in [0.25, 0.3) is 0 Å². The van der Waals surface area contributed by atoms with Crippen LogP contribution in [0.5, 0.6) is 0 Å². The molecule has 0 saturated heterocycles. The molecule has 2 aliphatic carbocycles. The van der Waals surface area contributed by atoms with E-state index in [0.717, 1.165) is 0 Å². The minimum Gasteiger partial charge on any atom is -0.394 e. The number of aliphatic hydroxyl groups is 1. The molecule has 0 amide bonds. The highest BCUT2D eigenvalue weighted by Gasteiger charge is 2.84. The second kappa shape index (κ2) is 3.38. The quantitative estimate of drug-likeness (QED) is 0.729. The highest BCUT2D eigenvalue weighted by molar-refractivity contribution is 6.63. The molecule has 15 heavy (non-hydrogen) atoms. The molecular formula is C8H8Cl6O. The van der Waals surface area contributed by atoms with Gasteiger partial charge in [0, 0.05) is 0 Å². The van der Waals surface area contributed by atoms with Crippen LogP contribution in [0, 0.1) is 0 Å². The molecule has 1 nitrogen and oxygen atoms in total. The SMILES string of the molecule is OCC1(Cl)C(Cl)C2(Cl)CCC1(Cl)C2(Cl)Cl. The number of fused-ring (bicyclic) bond motifs is 2. The molecule has 4 atom stereocenters. The van der Waals surface area contributed by atoms with Crippen LogP contribution < -0.4 is 0 Å². The molecule has 2 fully saturated rings. The first kappa shape index (κ1) is 13.1. The summed E-state index contributed by atoms with van der Waals surface area (Å²) in [4.78, 5) is -3.59. The molecule has 0 aliphatic heterocycles. The summed E-state index contributed by atoms with van der Waals surface area (Å²) < 4.78 is -1.44. The van der Waals surface area contributed by atoms with Gasteiger partial charge in [0.2, 0.25) is 0 Å². The van der Waals surface area contributed by atoms with Crippen molar-refractivity contribution in [2.75, 3.05) is 6.61 Å². The Hall–Kier alpha value is 1.70. The van der Waals surface area contributed by atoms with E-state index >= 15 is 0 Å². The van der Waals surface area contributed by atoms with Crippen LogP contribution in [-0.2, 0) is 0 Å². The summed E-state index contributed by atoms with van der Waals surface area (Å²) in [5.74, 6) is 0. The lowest BCUT2D eigenvalue weighted by molar-refractivity contribution is 0.211. The van der Waals surface area contributed by atoms with Gasteiger partial charge in [0.25, 0.3) is 0 Å². The van der Waals surface area contributed by atoms with Crippen molar-refractivity contribution < 1.29 is 5.11 Å². The van der Waals surface area contributed by atoms with Crippen molar-refractivity contribution in [3.63, 3.8) is 0 Å². The summed E-state index contributed by atoms with van der Waals surface area (Å²) in [6, 6.07) is 0. The molecule has 2 bridgehead atoms. The maximum Gasteiger partial charge on any atom is 0.159 e. The predicted octanol–water partition coefficient (Wildman–Crippen LogP) is 3.50. The zero-order valence-electron chi connectivity index (χ0n) is 7.41. The van der Waals surface area contributed by atoms with Gasteiger partial charge in [0.1, 0.15) is 9.75 Å². The molecule has 0 heterocycles. The lowest BCUT2D eigenvalue weighted by Crippen LogP contribution is -2.54. The summed E-state index contributed by atoms with van der Waals surface area (Å²) in [7, 11) is 0. The van der Waals surface area contributed by atoms with Crippen LogP contribution in [0.15, 0.2) is 0 Å². The third-order valence-electron chi connectivity index (χ3n) is 3.55. The first-order chi connectivity index (χ1) is 6.67. The summed E-state index contributed by atoms with van der Waals surface area (Å²) in [5, 5.41) is 8.57. The highest BCUT2D eigenvalue weighted by atomic mass is 35.5. The third-order valence-corrected chi connectivity index (χ3v) is 8.48. The lowest BCUT2D eigenvalue weighted by Gasteiger charge is -2.40. The fraction of sp³-hybridized carbons (Fsp3) is 1.00. The number of halogens is 6. The van der Waals surface area contributed by atoms with Gasteiger partial charge in [0.05, 0.1) is 16.9 Å². The average Bonchev–Trinajstić information content (AvgIpc) is 2.41. The van der Waals surface area contributed by atoms with Crippen LogP contribution in [0.3, 0.4) is 0 Å². The van der Waals surface area contributed by atoms with Crippen molar-refractivity contribution in [3.05, 3.63) is 0 Å². The second-order valence-corrected chi connectivity index (χ2v) is 7.88. The molecule has 7 heteroatoms. The summed E-state index contributed by atoms with van der Waals surface area (Å²) in [5.41, 5.74) is 0. The van der Waals surface area contributed by atoms with Crippen LogP contribution in [-0.4, -0.2) is 36.0 Å².